The summed E-state index contributed by atoms with van der Waals surface area (Å²) in [5.41, 5.74) is 7.53. The minimum Gasteiger partial charge on any atom is -0.495 e. The van der Waals surface area contributed by atoms with Gasteiger partial charge in [0, 0.05) is 6.54 Å². The van der Waals surface area contributed by atoms with E-state index in [1.54, 1.807) is 7.11 Å². The molecular formula is C14H22N2O2. The Hall–Kier alpha value is -1.42. The largest absolute Gasteiger partial charge is 0.495 e. The first-order valence-corrected chi connectivity index (χ1v) is 6.59. The molecule has 3 N–H and O–H groups in total. The highest BCUT2D eigenvalue weighted by Gasteiger charge is 2.14. The minimum atomic E-state index is 0.467. The number of rotatable bonds is 6. The number of hydrogen-bond donors (Lipinski definition) is 2. The van der Waals surface area contributed by atoms with Gasteiger partial charge in [0.25, 0.3) is 0 Å². The fourth-order valence-corrected chi connectivity index (χ4v) is 2.34. The molecule has 0 atom stereocenters. The third-order valence-corrected chi connectivity index (χ3v) is 3.36. The predicted molar refractivity (Wildman–Crippen MR) is 74.1 cm³/mol. The molecule has 1 aromatic carbocycles. The van der Waals surface area contributed by atoms with Crippen LogP contribution in [0.1, 0.15) is 25.7 Å². The highest BCUT2D eigenvalue weighted by molar-refractivity contribution is 5.72. The van der Waals surface area contributed by atoms with Crippen LogP contribution < -0.4 is 15.8 Å². The van der Waals surface area contributed by atoms with Crippen LogP contribution in [-0.4, -0.2) is 26.4 Å². The summed E-state index contributed by atoms with van der Waals surface area (Å²) in [6.45, 7) is 1.50. The molecule has 0 spiro atoms. The van der Waals surface area contributed by atoms with Crippen LogP contribution in [-0.2, 0) is 4.74 Å². The molecular weight excluding hydrogens is 228 g/mol. The van der Waals surface area contributed by atoms with Gasteiger partial charge in [-0.2, -0.15) is 0 Å². The van der Waals surface area contributed by atoms with E-state index >= 15 is 0 Å². The van der Waals surface area contributed by atoms with E-state index in [0.717, 1.165) is 18.8 Å². The zero-order chi connectivity index (χ0) is 12.8. The maximum Gasteiger partial charge on any atom is 0.143 e. The first-order valence-electron chi connectivity index (χ1n) is 6.59. The van der Waals surface area contributed by atoms with Gasteiger partial charge in [0.05, 0.1) is 31.2 Å². The maximum absolute atomic E-state index is 5.97. The fourth-order valence-electron chi connectivity index (χ4n) is 2.34. The number of nitrogens with one attached hydrogen (secondary N) is 1. The standard InChI is InChI=1S/C14H22N2O2/c1-17-13-8-4-7-12(14(13)15)16-9-10-18-11-5-2-3-6-11/h4,7-8,11,16H,2-3,5-6,9-10,15H2,1H3. The van der Waals surface area contributed by atoms with Crippen LogP contribution >= 0.6 is 0 Å². The molecule has 18 heavy (non-hydrogen) atoms. The van der Waals surface area contributed by atoms with Crippen molar-refractivity contribution >= 4 is 11.4 Å². The second kappa shape index (κ2) is 6.50. The zero-order valence-corrected chi connectivity index (χ0v) is 10.9. The molecule has 0 aromatic heterocycles. The van der Waals surface area contributed by atoms with E-state index in [2.05, 4.69) is 5.32 Å². The van der Waals surface area contributed by atoms with Crippen molar-refractivity contribution in [2.45, 2.75) is 31.8 Å². The average molecular weight is 250 g/mol. The lowest BCUT2D eigenvalue weighted by Crippen LogP contribution is -2.16. The summed E-state index contributed by atoms with van der Waals surface area (Å²) in [5.74, 6) is 0.705. The summed E-state index contributed by atoms with van der Waals surface area (Å²) in [4.78, 5) is 0. The number of benzene rings is 1. The van der Waals surface area contributed by atoms with E-state index in [9.17, 15) is 0 Å². The molecule has 0 unspecified atom stereocenters. The average Bonchev–Trinajstić information content (AvgIpc) is 2.89. The highest BCUT2D eigenvalue weighted by Crippen LogP contribution is 2.28. The molecule has 0 amide bonds. The van der Waals surface area contributed by atoms with Crippen LogP contribution in [0.3, 0.4) is 0 Å². The molecule has 2 rings (SSSR count). The molecule has 0 saturated heterocycles. The molecule has 0 heterocycles. The monoisotopic (exact) mass is 250 g/mol. The van der Waals surface area contributed by atoms with Gasteiger partial charge in [-0.15, -0.1) is 0 Å². The van der Waals surface area contributed by atoms with E-state index in [4.69, 9.17) is 15.2 Å². The Morgan fingerprint density at radius 1 is 1.33 bits per heavy atom. The Morgan fingerprint density at radius 3 is 2.83 bits per heavy atom. The molecule has 1 fully saturated rings. The van der Waals surface area contributed by atoms with Crippen molar-refractivity contribution in [1.29, 1.82) is 0 Å². The Bertz CT molecular complexity index is 376. The van der Waals surface area contributed by atoms with Crippen molar-refractivity contribution in [3.05, 3.63) is 18.2 Å². The van der Waals surface area contributed by atoms with E-state index in [0.29, 0.717) is 17.5 Å². The van der Waals surface area contributed by atoms with Crippen molar-refractivity contribution < 1.29 is 9.47 Å². The van der Waals surface area contributed by atoms with Gasteiger partial charge in [-0.3, -0.25) is 0 Å². The van der Waals surface area contributed by atoms with Gasteiger partial charge in [-0.05, 0) is 25.0 Å². The fraction of sp³-hybridized carbons (Fsp3) is 0.571. The second-order valence-corrected chi connectivity index (χ2v) is 4.63. The number of nitrogens with two attached hydrogens (primary N) is 1. The van der Waals surface area contributed by atoms with Gasteiger partial charge in [-0.25, -0.2) is 0 Å². The van der Waals surface area contributed by atoms with Crippen molar-refractivity contribution in [2.75, 3.05) is 31.3 Å². The molecule has 100 valence electrons. The molecule has 1 aliphatic rings. The number of hydrogen-bond acceptors (Lipinski definition) is 4. The first-order chi connectivity index (χ1) is 8.81. The Kier molecular flexibility index (Phi) is 4.70. The van der Waals surface area contributed by atoms with Gasteiger partial charge in [0.15, 0.2) is 0 Å². The minimum absolute atomic E-state index is 0.467. The molecule has 0 radical (unpaired) electrons. The van der Waals surface area contributed by atoms with Gasteiger partial charge in [0.2, 0.25) is 0 Å². The summed E-state index contributed by atoms with van der Waals surface area (Å²) >= 11 is 0. The molecule has 4 heteroatoms. The molecule has 4 nitrogen and oxygen atoms in total. The second-order valence-electron chi connectivity index (χ2n) is 4.63. The summed E-state index contributed by atoms with van der Waals surface area (Å²) < 4.78 is 11.0. The Morgan fingerprint density at radius 2 is 2.11 bits per heavy atom. The quantitative estimate of drug-likeness (QED) is 0.602. The van der Waals surface area contributed by atoms with Crippen LogP contribution in [0, 0.1) is 0 Å². The lowest BCUT2D eigenvalue weighted by atomic mass is 10.2. The lowest BCUT2D eigenvalue weighted by molar-refractivity contribution is 0.0659. The van der Waals surface area contributed by atoms with Gasteiger partial charge in [-0.1, -0.05) is 18.9 Å². The van der Waals surface area contributed by atoms with Gasteiger partial charge >= 0.3 is 0 Å². The van der Waals surface area contributed by atoms with E-state index in [-0.39, 0.29) is 0 Å². The zero-order valence-electron chi connectivity index (χ0n) is 10.9. The third kappa shape index (κ3) is 3.29. The van der Waals surface area contributed by atoms with Crippen molar-refractivity contribution in [3.63, 3.8) is 0 Å². The lowest BCUT2D eigenvalue weighted by Gasteiger charge is -2.14. The number of anilines is 2. The normalized spacial score (nSPS) is 15.8. The highest BCUT2D eigenvalue weighted by atomic mass is 16.5. The summed E-state index contributed by atoms with van der Waals surface area (Å²) in [5, 5.41) is 3.28. The number of para-hydroxylation sites is 1. The van der Waals surface area contributed by atoms with Gasteiger partial charge < -0.3 is 20.5 Å². The van der Waals surface area contributed by atoms with Crippen LogP contribution in [0.25, 0.3) is 0 Å². The first kappa shape index (κ1) is 13.0. The van der Waals surface area contributed by atoms with E-state index < -0.39 is 0 Å². The Labute approximate surface area is 108 Å². The number of ether oxygens (including phenoxy) is 2. The summed E-state index contributed by atoms with van der Waals surface area (Å²) in [6.07, 6.45) is 5.50. The van der Waals surface area contributed by atoms with Crippen LogP contribution in [0.2, 0.25) is 0 Å². The third-order valence-electron chi connectivity index (χ3n) is 3.36. The topological polar surface area (TPSA) is 56.5 Å². The van der Waals surface area contributed by atoms with Crippen LogP contribution in [0.15, 0.2) is 18.2 Å². The molecule has 1 aromatic rings. The van der Waals surface area contributed by atoms with Crippen LogP contribution in [0.4, 0.5) is 11.4 Å². The molecule has 0 aliphatic heterocycles. The molecule has 1 saturated carbocycles. The number of nitrogen functional groups attached to an aromatic ring is 1. The van der Waals surface area contributed by atoms with E-state index in [1.165, 1.54) is 25.7 Å². The van der Waals surface area contributed by atoms with Crippen LogP contribution in [0.5, 0.6) is 5.75 Å². The predicted octanol–water partition coefficient (Wildman–Crippen LogP) is 2.65. The van der Waals surface area contributed by atoms with Crippen molar-refractivity contribution in [2.24, 2.45) is 0 Å². The smallest absolute Gasteiger partial charge is 0.143 e. The number of methoxy groups -OCH3 is 1. The molecule has 1 aliphatic carbocycles. The summed E-state index contributed by atoms with van der Waals surface area (Å²) in [6, 6.07) is 5.73. The van der Waals surface area contributed by atoms with Crippen molar-refractivity contribution in [3.8, 4) is 5.75 Å². The van der Waals surface area contributed by atoms with Crippen molar-refractivity contribution in [1.82, 2.24) is 0 Å². The summed E-state index contributed by atoms with van der Waals surface area (Å²) in [7, 11) is 1.62. The maximum atomic E-state index is 5.97. The van der Waals surface area contributed by atoms with E-state index in [1.807, 2.05) is 18.2 Å². The van der Waals surface area contributed by atoms with Gasteiger partial charge in [0.1, 0.15) is 5.75 Å². The Balaban J connectivity index is 1.75. The SMILES string of the molecule is COc1cccc(NCCOC2CCCC2)c1N. The molecule has 0 bridgehead atoms.